The van der Waals surface area contributed by atoms with Gasteiger partial charge in [0.1, 0.15) is 0 Å². The number of amides is 1. The summed E-state index contributed by atoms with van der Waals surface area (Å²) in [5.74, 6) is 0.255. The highest BCUT2D eigenvalue weighted by Gasteiger charge is 2.37. The number of allylic oxidation sites excluding steroid dienone is 1. The fourth-order valence-electron chi connectivity index (χ4n) is 3.94. The van der Waals surface area contributed by atoms with E-state index in [1.54, 1.807) is 0 Å². The van der Waals surface area contributed by atoms with Crippen LogP contribution in [0.5, 0.6) is 0 Å². The van der Waals surface area contributed by atoms with Gasteiger partial charge in [-0.25, -0.2) is 0 Å². The average Bonchev–Trinajstić information content (AvgIpc) is 3.22. The summed E-state index contributed by atoms with van der Waals surface area (Å²) < 4.78 is 0. The van der Waals surface area contributed by atoms with Crippen molar-refractivity contribution in [3.05, 3.63) is 47.2 Å². The first kappa shape index (κ1) is 13.8. The Morgan fingerprint density at radius 1 is 1.14 bits per heavy atom. The van der Waals surface area contributed by atoms with Crippen LogP contribution in [0.2, 0.25) is 0 Å². The zero-order valence-electron chi connectivity index (χ0n) is 12.9. The van der Waals surface area contributed by atoms with E-state index in [9.17, 15) is 4.79 Å². The first-order valence-electron chi connectivity index (χ1n) is 8.38. The Morgan fingerprint density at radius 2 is 2.00 bits per heavy atom. The van der Waals surface area contributed by atoms with E-state index >= 15 is 0 Å². The minimum atomic E-state index is 0.255. The molecule has 0 radical (unpaired) electrons. The molecule has 1 aliphatic carbocycles. The summed E-state index contributed by atoms with van der Waals surface area (Å²) in [6.45, 7) is 2.53. The van der Waals surface area contributed by atoms with Crippen molar-refractivity contribution in [2.75, 3.05) is 13.2 Å². The Morgan fingerprint density at radius 3 is 2.77 bits per heavy atom. The maximum absolute atomic E-state index is 12.8. The van der Waals surface area contributed by atoms with Crippen LogP contribution < -0.4 is 5.32 Å². The minimum absolute atomic E-state index is 0.255. The Hall–Kier alpha value is -1.81. The second-order valence-electron chi connectivity index (χ2n) is 6.49. The molecule has 0 aromatic heterocycles. The van der Waals surface area contributed by atoms with E-state index < -0.39 is 0 Å². The van der Waals surface area contributed by atoms with Crippen molar-refractivity contribution < 1.29 is 4.79 Å². The molecule has 2 heterocycles. The Bertz CT molecular complexity index is 590. The van der Waals surface area contributed by atoms with Gasteiger partial charge in [0.05, 0.1) is 12.8 Å². The highest BCUT2D eigenvalue weighted by molar-refractivity contribution is 5.95. The predicted octanol–water partition coefficient (Wildman–Crippen LogP) is 2.44. The van der Waals surface area contributed by atoms with Gasteiger partial charge in [-0.15, -0.1) is 0 Å². The number of carbonyl (C=O) groups is 1. The Balaban J connectivity index is 1.59. The van der Waals surface area contributed by atoms with Gasteiger partial charge in [0.15, 0.2) is 0 Å². The third kappa shape index (κ3) is 2.41. The molecule has 4 nitrogen and oxygen atoms in total. The lowest BCUT2D eigenvalue weighted by atomic mass is 10.1. The first-order chi connectivity index (χ1) is 10.8. The molecular formula is C18H23N3O. The number of carbonyl (C=O) groups excluding carboxylic acids is 1. The van der Waals surface area contributed by atoms with Gasteiger partial charge in [-0.2, -0.15) is 0 Å². The number of nitrogens with one attached hydrogen (secondary N) is 1. The van der Waals surface area contributed by atoms with Crippen LogP contribution in [0.1, 0.15) is 37.7 Å². The van der Waals surface area contributed by atoms with Gasteiger partial charge < -0.3 is 9.80 Å². The van der Waals surface area contributed by atoms with Gasteiger partial charge in [0.2, 0.25) is 0 Å². The summed E-state index contributed by atoms with van der Waals surface area (Å²) in [7, 11) is 0. The molecule has 4 heteroatoms. The van der Waals surface area contributed by atoms with Crippen molar-refractivity contribution in [1.29, 1.82) is 0 Å². The molecule has 0 bridgehead atoms. The third-order valence-corrected chi connectivity index (χ3v) is 5.03. The molecule has 22 heavy (non-hydrogen) atoms. The number of nitrogens with zero attached hydrogens (tertiary/aromatic N) is 2. The van der Waals surface area contributed by atoms with Crippen molar-refractivity contribution in [3.63, 3.8) is 0 Å². The second-order valence-corrected chi connectivity index (χ2v) is 6.49. The standard InChI is InChI=1S/C18H23N3O/c22-18-15-8-4-9-16(15)21(17-10-5-11-19-17)13-20(18)12-14-6-2-1-3-7-14/h1-3,6-7,17,19H,4-5,8-13H2. The topological polar surface area (TPSA) is 35.6 Å². The fourth-order valence-corrected chi connectivity index (χ4v) is 3.94. The van der Waals surface area contributed by atoms with E-state index in [0.29, 0.717) is 12.7 Å². The normalized spacial score (nSPS) is 25.1. The fraction of sp³-hybridized carbons (Fsp3) is 0.500. The first-order valence-corrected chi connectivity index (χ1v) is 8.38. The predicted molar refractivity (Wildman–Crippen MR) is 85.6 cm³/mol. The van der Waals surface area contributed by atoms with E-state index in [2.05, 4.69) is 22.3 Å². The van der Waals surface area contributed by atoms with Crippen LogP contribution in [0, 0.1) is 0 Å². The van der Waals surface area contributed by atoms with Crippen molar-refractivity contribution in [2.24, 2.45) is 0 Å². The Labute approximate surface area is 131 Å². The van der Waals surface area contributed by atoms with Gasteiger partial charge in [-0.3, -0.25) is 10.1 Å². The molecule has 0 saturated carbocycles. The van der Waals surface area contributed by atoms with Crippen molar-refractivity contribution in [1.82, 2.24) is 15.1 Å². The number of hydrogen-bond donors (Lipinski definition) is 1. The smallest absolute Gasteiger partial charge is 0.253 e. The van der Waals surface area contributed by atoms with Gasteiger partial charge in [-0.05, 0) is 44.2 Å². The summed E-state index contributed by atoms with van der Waals surface area (Å²) in [6.07, 6.45) is 5.97. The summed E-state index contributed by atoms with van der Waals surface area (Å²) in [5.41, 5.74) is 3.59. The molecule has 1 amide bonds. The summed E-state index contributed by atoms with van der Waals surface area (Å²) in [5, 5.41) is 3.59. The molecule has 0 spiro atoms. The average molecular weight is 297 g/mol. The van der Waals surface area contributed by atoms with Crippen LogP contribution >= 0.6 is 0 Å². The molecule has 1 unspecified atom stereocenters. The lowest BCUT2D eigenvalue weighted by molar-refractivity contribution is -0.132. The number of benzene rings is 1. The van der Waals surface area contributed by atoms with Gasteiger partial charge in [0, 0.05) is 17.8 Å². The molecule has 3 aliphatic rings. The van der Waals surface area contributed by atoms with E-state index in [0.717, 1.165) is 38.0 Å². The van der Waals surface area contributed by atoms with E-state index in [4.69, 9.17) is 0 Å². The van der Waals surface area contributed by atoms with E-state index in [1.807, 2.05) is 23.1 Å². The van der Waals surface area contributed by atoms with E-state index in [-0.39, 0.29) is 5.91 Å². The lowest BCUT2D eigenvalue weighted by Crippen LogP contribution is -2.52. The SMILES string of the molecule is O=C1C2=C(CCC2)N(C2CCCN2)CN1Cc1ccccc1. The minimum Gasteiger partial charge on any atom is -0.341 e. The molecule has 1 fully saturated rings. The molecule has 1 N–H and O–H groups in total. The summed E-state index contributed by atoms with van der Waals surface area (Å²) in [6, 6.07) is 10.3. The quantitative estimate of drug-likeness (QED) is 0.931. The lowest BCUT2D eigenvalue weighted by Gasteiger charge is -2.41. The van der Waals surface area contributed by atoms with Crippen molar-refractivity contribution in [3.8, 4) is 0 Å². The van der Waals surface area contributed by atoms with Crippen LogP contribution in [0.3, 0.4) is 0 Å². The molecule has 1 aromatic carbocycles. The maximum atomic E-state index is 12.8. The monoisotopic (exact) mass is 297 g/mol. The molecule has 1 aromatic rings. The molecule has 2 aliphatic heterocycles. The van der Waals surface area contributed by atoms with Gasteiger partial charge in [0.25, 0.3) is 5.91 Å². The summed E-state index contributed by atoms with van der Waals surface area (Å²) in [4.78, 5) is 17.3. The molecule has 116 valence electrons. The summed E-state index contributed by atoms with van der Waals surface area (Å²) >= 11 is 0. The van der Waals surface area contributed by atoms with Gasteiger partial charge >= 0.3 is 0 Å². The van der Waals surface area contributed by atoms with Crippen LogP contribution in [0.25, 0.3) is 0 Å². The molecule has 4 rings (SSSR count). The van der Waals surface area contributed by atoms with Crippen molar-refractivity contribution >= 4 is 5.91 Å². The van der Waals surface area contributed by atoms with Crippen LogP contribution in [0.4, 0.5) is 0 Å². The number of rotatable bonds is 3. The van der Waals surface area contributed by atoms with Crippen molar-refractivity contribution in [2.45, 2.75) is 44.8 Å². The zero-order chi connectivity index (χ0) is 14.9. The molecule has 1 atom stereocenters. The highest BCUT2D eigenvalue weighted by Crippen LogP contribution is 2.36. The Kier molecular flexibility index (Phi) is 3.62. The molecule has 1 saturated heterocycles. The number of hydrogen-bond acceptors (Lipinski definition) is 3. The van der Waals surface area contributed by atoms with Crippen LogP contribution in [-0.4, -0.2) is 35.1 Å². The van der Waals surface area contributed by atoms with E-state index in [1.165, 1.54) is 24.1 Å². The van der Waals surface area contributed by atoms with Crippen LogP contribution in [-0.2, 0) is 11.3 Å². The zero-order valence-corrected chi connectivity index (χ0v) is 12.9. The maximum Gasteiger partial charge on any atom is 0.253 e. The van der Waals surface area contributed by atoms with Crippen LogP contribution in [0.15, 0.2) is 41.6 Å². The van der Waals surface area contributed by atoms with Gasteiger partial charge in [-0.1, -0.05) is 30.3 Å². The largest absolute Gasteiger partial charge is 0.341 e. The highest BCUT2D eigenvalue weighted by atomic mass is 16.2. The third-order valence-electron chi connectivity index (χ3n) is 5.03. The second kappa shape index (κ2) is 5.76. The molecular weight excluding hydrogens is 274 g/mol.